The van der Waals surface area contributed by atoms with Gasteiger partial charge < -0.3 is 14.9 Å². The average molecular weight is 380 g/mol. The fourth-order valence-corrected chi connectivity index (χ4v) is 4.50. The van der Waals surface area contributed by atoms with Crippen molar-refractivity contribution in [3.63, 3.8) is 0 Å². The van der Waals surface area contributed by atoms with Crippen molar-refractivity contribution in [1.29, 1.82) is 0 Å². The third-order valence-electron chi connectivity index (χ3n) is 6.21. The zero-order valence-electron chi connectivity index (χ0n) is 16.2. The number of hydrogen-bond donors (Lipinski definition) is 1. The van der Waals surface area contributed by atoms with Crippen molar-refractivity contribution < 1.29 is 9.90 Å². The lowest BCUT2D eigenvalue weighted by molar-refractivity contribution is 0.0267. The van der Waals surface area contributed by atoms with Gasteiger partial charge in [-0.05, 0) is 69.0 Å². The Balaban J connectivity index is 1.26. The quantitative estimate of drug-likeness (QED) is 0.883. The van der Waals surface area contributed by atoms with E-state index >= 15 is 0 Å². The van der Waals surface area contributed by atoms with E-state index in [0.29, 0.717) is 6.04 Å². The number of aliphatic hydroxyl groups is 1. The van der Waals surface area contributed by atoms with E-state index in [-0.39, 0.29) is 11.8 Å². The molecule has 4 heterocycles. The van der Waals surface area contributed by atoms with Crippen molar-refractivity contribution in [2.75, 3.05) is 26.2 Å². The predicted octanol–water partition coefficient (Wildman–Crippen LogP) is 2.53. The molecule has 2 saturated heterocycles. The van der Waals surface area contributed by atoms with E-state index < -0.39 is 6.10 Å². The molecule has 0 aromatic carbocycles. The van der Waals surface area contributed by atoms with Crippen molar-refractivity contribution in [2.45, 2.75) is 37.8 Å². The summed E-state index contributed by atoms with van der Waals surface area (Å²) in [6.07, 6.45) is 8.64. The van der Waals surface area contributed by atoms with Gasteiger partial charge >= 0.3 is 0 Å². The van der Waals surface area contributed by atoms with Crippen molar-refractivity contribution in [2.24, 2.45) is 5.92 Å². The number of pyridine rings is 2. The Hall–Kier alpha value is -2.31. The van der Waals surface area contributed by atoms with Crippen LogP contribution in [0.3, 0.4) is 0 Å². The Morgan fingerprint density at radius 3 is 2.32 bits per heavy atom. The van der Waals surface area contributed by atoms with Gasteiger partial charge in [0.2, 0.25) is 0 Å². The number of likely N-dealkylation sites (tertiary alicyclic amines) is 2. The van der Waals surface area contributed by atoms with Gasteiger partial charge in [-0.25, -0.2) is 0 Å². The molecular formula is C22H28N4O2. The third kappa shape index (κ3) is 4.23. The van der Waals surface area contributed by atoms with Crippen molar-refractivity contribution in [3.05, 3.63) is 60.2 Å². The van der Waals surface area contributed by atoms with Crippen LogP contribution in [0.2, 0.25) is 0 Å². The highest BCUT2D eigenvalue weighted by molar-refractivity contribution is 5.94. The summed E-state index contributed by atoms with van der Waals surface area (Å²) in [5.41, 5.74) is 1.50. The van der Waals surface area contributed by atoms with Gasteiger partial charge in [0.05, 0.1) is 11.8 Å². The van der Waals surface area contributed by atoms with Gasteiger partial charge in [0.25, 0.3) is 5.91 Å². The molecule has 4 rings (SSSR count). The summed E-state index contributed by atoms with van der Waals surface area (Å²) in [7, 11) is 0. The number of carbonyl (C=O) groups excluding carboxylic acids is 1. The van der Waals surface area contributed by atoms with Gasteiger partial charge in [-0.2, -0.15) is 0 Å². The zero-order valence-corrected chi connectivity index (χ0v) is 16.2. The number of carbonyl (C=O) groups is 1. The molecule has 2 fully saturated rings. The molecule has 0 radical (unpaired) electrons. The number of rotatable bonds is 4. The van der Waals surface area contributed by atoms with Crippen molar-refractivity contribution >= 4 is 5.91 Å². The highest BCUT2D eigenvalue weighted by atomic mass is 16.3. The predicted molar refractivity (Wildman–Crippen MR) is 107 cm³/mol. The Kier molecular flexibility index (Phi) is 5.98. The minimum Gasteiger partial charge on any atom is -0.387 e. The van der Waals surface area contributed by atoms with Crippen LogP contribution in [-0.4, -0.2) is 63.0 Å². The maximum atomic E-state index is 12.6. The molecule has 148 valence electrons. The third-order valence-corrected chi connectivity index (χ3v) is 6.21. The van der Waals surface area contributed by atoms with E-state index in [9.17, 15) is 9.90 Å². The Bertz CT molecular complexity index is 755. The molecule has 2 aliphatic rings. The lowest BCUT2D eigenvalue weighted by Gasteiger charge is -2.42. The second kappa shape index (κ2) is 8.80. The molecule has 0 aliphatic carbocycles. The number of amides is 1. The van der Waals surface area contributed by atoms with Gasteiger partial charge in [-0.1, -0.05) is 6.07 Å². The maximum absolute atomic E-state index is 12.6. The number of aliphatic hydroxyl groups excluding tert-OH is 1. The van der Waals surface area contributed by atoms with Crippen LogP contribution in [0.1, 0.15) is 47.8 Å². The molecule has 2 aliphatic heterocycles. The number of piperidine rings is 2. The standard InChI is InChI=1S/C22H28N4O2/c27-21(20-3-1-2-10-24-20)17-6-13-25(14-7-17)19-8-15-26(16-9-19)22(28)18-4-11-23-12-5-18/h1-5,10-12,17,19,21,27H,6-9,13-16H2. The Morgan fingerprint density at radius 2 is 1.68 bits per heavy atom. The fraction of sp³-hybridized carbons (Fsp3) is 0.500. The van der Waals surface area contributed by atoms with Gasteiger partial charge in [0.15, 0.2) is 0 Å². The largest absolute Gasteiger partial charge is 0.387 e. The monoisotopic (exact) mass is 380 g/mol. The van der Waals surface area contributed by atoms with E-state index in [2.05, 4.69) is 14.9 Å². The molecule has 2 aromatic heterocycles. The average Bonchev–Trinajstić information content (AvgIpc) is 2.79. The molecule has 2 aromatic rings. The first-order valence-corrected chi connectivity index (χ1v) is 10.2. The van der Waals surface area contributed by atoms with Gasteiger partial charge in [0.1, 0.15) is 0 Å². The van der Waals surface area contributed by atoms with Crippen LogP contribution in [0.25, 0.3) is 0 Å². The normalized spacial score (nSPS) is 20.8. The molecule has 0 spiro atoms. The highest BCUT2D eigenvalue weighted by Gasteiger charge is 2.32. The minimum absolute atomic E-state index is 0.109. The summed E-state index contributed by atoms with van der Waals surface area (Å²) >= 11 is 0. The zero-order chi connectivity index (χ0) is 19.3. The molecule has 1 N–H and O–H groups in total. The van der Waals surface area contributed by atoms with Crippen molar-refractivity contribution in [1.82, 2.24) is 19.8 Å². The smallest absolute Gasteiger partial charge is 0.253 e. The summed E-state index contributed by atoms with van der Waals surface area (Å²) < 4.78 is 0. The minimum atomic E-state index is -0.469. The molecule has 28 heavy (non-hydrogen) atoms. The van der Waals surface area contributed by atoms with E-state index in [0.717, 1.165) is 63.1 Å². The fourth-order valence-electron chi connectivity index (χ4n) is 4.50. The first kappa shape index (κ1) is 19.0. The van der Waals surface area contributed by atoms with Crippen LogP contribution in [0, 0.1) is 5.92 Å². The summed E-state index contributed by atoms with van der Waals surface area (Å²) in [4.78, 5) is 25.4. The first-order chi connectivity index (χ1) is 13.7. The molecule has 1 unspecified atom stereocenters. The molecule has 6 heteroatoms. The molecule has 1 atom stereocenters. The summed E-state index contributed by atoms with van der Waals surface area (Å²) in [5, 5.41) is 10.6. The molecule has 0 saturated carbocycles. The second-order valence-corrected chi connectivity index (χ2v) is 7.83. The van der Waals surface area contributed by atoms with Gasteiger partial charge in [-0.3, -0.25) is 14.8 Å². The lowest BCUT2D eigenvalue weighted by atomic mass is 9.88. The molecular weight excluding hydrogens is 352 g/mol. The van der Waals surface area contributed by atoms with Crippen LogP contribution in [0.15, 0.2) is 48.9 Å². The van der Waals surface area contributed by atoms with E-state index in [1.807, 2.05) is 23.1 Å². The number of hydrogen-bond acceptors (Lipinski definition) is 5. The van der Waals surface area contributed by atoms with Crippen LogP contribution in [0.5, 0.6) is 0 Å². The van der Waals surface area contributed by atoms with E-state index in [1.165, 1.54) is 0 Å². The summed E-state index contributed by atoms with van der Waals surface area (Å²) in [6.45, 7) is 3.64. The lowest BCUT2D eigenvalue weighted by Crippen LogP contribution is -2.49. The highest BCUT2D eigenvalue weighted by Crippen LogP contribution is 2.31. The van der Waals surface area contributed by atoms with Gasteiger partial charge in [0, 0.05) is 43.3 Å². The Labute approximate surface area is 166 Å². The van der Waals surface area contributed by atoms with Gasteiger partial charge in [-0.15, -0.1) is 0 Å². The van der Waals surface area contributed by atoms with Crippen LogP contribution >= 0.6 is 0 Å². The summed E-state index contributed by atoms with van der Waals surface area (Å²) in [6, 6.07) is 9.83. The van der Waals surface area contributed by atoms with E-state index in [1.54, 1.807) is 30.7 Å². The topological polar surface area (TPSA) is 69.6 Å². The van der Waals surface area contributed by atoms with Crippen LogP contribution < -0.4 is 0 Å². The van der Waals surface area contributed by atoms with Crippen LogP contribution in [-0.2, 0) is 0 Å². The van der Waals surface area contributed by atoms with Crippen molar-refractivity contribution in [3.8, 4) is 0 Å². The SMILES string of the molecule is O=C(c1ccncc1)N1CCC(N2CCC(C(O)c3ccccn3)CC2)CC1. The molecule has 0 bridgehead atoms. The second-order valence-electron chi connectivity index (χ2n) is 7.83. The maximum Gasteiger partial charge on any atom is 0.253 e. The van der Waals surface area contributed by atoms with Crippen LogP contribution in [0.4, 0.5) is 0 Å². The molecule has 1 amide bonds. The first-order valence-electron chi connectivity index (χ1n) is 10.2. The molecule has 6 nitrogen and oxygen atoms in total. The summed E-state index contributed by atoms with van der Waals surface area (Å²) in [5.74, 6) is 0.387. The number of aromatic nitrogens is 2. The van der Waals surface area contributed by atoms with E-state index in [4.69, 9.17) is 0 Å². The Morgan fingerprint density at radius 1 is 0.964 bits per heavy atom. The number of nitrogens with zero attached hydrogens (tertiary/aromatic N) is 4.